The van der Waals surface area contributed by atoms with E-state index in [-0.39, 0.29) is 0 Å². The van der Waals surface area contributed by atoms with Gasteiger partial charge in [0.15, 0.2) is 0 Å². The van der Waals surface area contributed by atoms with Gasteiger partial charge in [-0.25, -0.2) is 4.98 Å². The molecule has 26 heavy (non-hydrogen) atoms. The Kier molecular flexibility index (Phi) is 6.06. The van der Waals surface area contributed by atoms with Gasteiger partial charge in [-0.2, -0.15) is 5.10 Å². The van der Waals surface area contributed by atoms with Crippen molar-refractivity contribution in [2.45, 2.75) is 20.8 Å². The lowest BCUT2D eigenvalue weighted by Crippen LogP contribution is -1.94. The molecule has 0 bridgehead atoms. The Morgan fingerprint density at radius 1 is 1.19 bits per heavy atom. The van der Waals surface area contributed by atoms with Crippen molar-refractivity contribution in [2.24, 2.45) is 5.10 Å². The second-order valence-corrected chi connectivity index (χ2v) is 7.54. The van der Waals surface area contributed by atoms with Crippen LogP contribution in [-0.4, -0.2) is 17.8 Å². The lowest BCUT2D eigenvalue weighted by Gasteiger charge is -2.05. The molecule has 0 unspecified atom stereocenters. The number of halogens is 1. The summed E-state index contributed by atoms with van der Waals surface area (Å²) in [5.74, 6) is 0.829. The third-order valence-electron chi connectivity index (χ3n) is 3.94. The Bertz CT molecular complexity index is 937. The van der Waals surface area contributed by atoms with Crippen molar-refractivity contribution in [1.29, 1.82) is 0 Å². The number of anilines is 1. The van der Waals surface area contributed by atoms with Crippen LogP contribution in [0.3, 0.4) is 0 Å². The predicted octanol–water partition coefficient (Wildman–Crippen LogP) is 6.03. The second-order valence-electron chi connectivity index (χ2n) is 5.83. The first-order valence-electron chi connectivity index (χ1n) is 8.31. The standard InChI is InChI=1S/C20H20BrN3OS/c1-4-25-19-8-6-15(10-17(19)21)11-22-24-20-23-18(12-26-20)16-7-5-13(2)14(3)9-16/h5-12H,4H2,1-3H3,(H,23,24)/b22-11-. The highest BCUT2D eigenvalue weighted by Gasteiger charge is 2.05. The Morgan fingerprint density at radius 3 is 2.77 bits per heavy atom. The molecule has 3 rings (SSSR count). The van der Waals surface area contributed by atoms with Gasteiger partial charge in [0, 0.05) is 10.9 Å². The predicted molar refractivity (Wildman–Crippen MR) is 114 cm³/mol. The van der Waals surface area contributed by atoms with Gasteiger partial charge < -0.3 is 4.74 Å². The summed E-state index contributed by atoms with van der Waals surface area (Å²) in [5, 5.41) is 7.08. The molecule has 0 saturated carbocycles. The van der Waals surface area contributed by atoms with Gasteiger partial charge in [-0.15, -0.1) is 11.3 Å². The first kappa shape index (κ1) is 18.6. The van der Waals surface area contributed by atoms with Crippen molar-refractivity contribution in [3.05, 3.63) is 62.9 Å². The van der Waals surface area contributed by atoms with Crippen LogP contribution in [-0.2, 0) is 0 Å². The van der Waals surface area contributed by atoms with Gasteiger partial charge >= 0.3 is 0 Å². The average Bonchev–Trinajstić information content (AvgIpc) is 3.09. The van der Waals surface area contributed by atoms with Crippen LogP contribution in [0.15, 0.2) is 51.4 Å². The summed E-state index contributed by atoms with van der Waals surface area (Å²) in [6.45, 7) is 6.83. The molecule has 0 spiro atoms. The summed E-state index contributed by atoms with van der Waals surface area (Å²) < 4.78 is 6.42. The van der Waals surface area contributed by atoms with Crippen LogP contribution in [0.2, 0.25) is 0 Å². The van der Waals surface area contributed by atoms with E-state index >= 15 is 0 Å². The lowest BCUT2D eigenvalue weighted by molar-refractivity contribution is 0.338. The number of aryl methyl sites for hydroxylation is 2. The van der Waals surface area contributed by atoms with Crippen molar-refractivity contribution in [3.8, 4) is 17.0 Å². The number of thiazole rings is 1. The third kappa shape index (κ3) is 4.51. The average molecular weight is 430 g/mol. The first-order valence-corrected chi connectivity index (χ1v) is 9.98. The number of hydrogen-bond acceptors (Lipinski definition) is 5. The topological polar surface area (TPSA) is 46.5 Å². The molecule has 0 amide bonds. The second kappa shape index (κ2) is 8.47. The number of benzene rings is 2. The summed E-state index contributed by atoms with van der Waals surface area (Å²) >= 11 is 5.04. The van der Waals surface area contributed by atoms with Crippen molar-refractivity contribution < 1.29 is 4.74 Å². The fourth-order valence-corrected chi connectivity index (χ4v) is 3.57. The minimum absolute atomic E-state index is 0.639. The highest BCUT2D eigenvalue weighted by atomic mass is 79.9. The van der Waals surface area contributed by atoms with Gasteiger partial charge in [-0.3, -0.25) is 5.43 Å². The fraction of sp³-hybridized carbons (Fsp3) is 0.200. The van der Waals surface area contributed by atoms with E-state index in [0.29, 0.717) is 6.61 Å². The smallest absolute Gasteiger partial charge is 0.203 e. The minimum atomic E-state index is 0.639. The highest BCUT2D eigenvalue weighted by molar-refractivity contribution is 9.10. The van der Waals surface area contributed by atoms with Crippen molar-refractivity contribution in [3.63, 3.8) is 0 Å². The van der Waals surface area contributed by atoms with Crippen LogP contribution in [0.25, 0.3) is 11.3 Å². The number of aromatic nitrogens is 1. The molecular formula is C20H20BrN3OS. The van der Waals surface area contributed by atoms with Crippen LogP contribution in [0.5, 0.6) is 5.75 Å². The lowest BCUT2D eigenvalue weighted by atomic mass is 10.1. The molecule has 0 fully saturated rings. The zero-order valence-electron chi connectivity index (χ0n) is 14.9. The number of rotatable bonds is 6. The molecule has 0 aliphatic heterocycles. The third-order valence-corrected chi connectivity index (χ3v) is 5.30. The number of nitrogens with zero attached hydrogens (tertiary/aromatic N) is 2. The van der Waals surface area contributed by atoms with E-state index in [9.17, 15) is 0 Å². The Labute approximate surface area is 166 Å². The molecular weight excluding hydrogens is 410 g/mol. The number of hydrazone groups is 1. The summed E-state index contributed by atoms with van der Waals surface area (Å²) in [5.41, 5.74) is 8.60. The van der Waals surface area contributed by atoms with Crippen LogP contribution in [0.1, 0.15) is 23.6 Å². The van der Waals surface area contributed by atoms with Crippen LogP contribution in [0.4, 0.5) is 5.13 Å². The molecule has 1 heterocycles. The van der Waals surface area contributed by atoms with Gasteiger partial charge in [0.25, 0.3) is 0 Å². The molecule has 0 aliphatic rings. The van der Waals surface area contributed by atoms with Crippen LogP contribution >= 0.6 is 27.3 Å². The maximum absolute atomic E-state index is 5.51. The Balaban J connectivity index is 1.67. The SMILES string of the molecule is CCOc1ccc(/C=N\Nc2nc(-c3ccc(C)c(C)c3)cs2)cc1Br. The van der Waals surface area contributed by atoms with E-state index in [1.165, 1.54) is 22.5 Å². The van der Waals surface area contributed by atoms with E-state index in [0.717, 1.165) is 32.2 Å². The van der Waals surface area contributed by atoms with Gasteiger partial charge in [0.2, 0.25) is 5.13 Å². The first-order chi connectivity index (χ1) is 12.6. The zero-order valence-corrected chi connectivity index (χ0v) is 17.3. The molecule has 134 valence electrons. The molecule has 2 aromatic carbocycles. The fourth-order valence-electron chi connectivity index (χ4n) is 2.39. The molecule has 0 saturated heterocycles. The summed E-state index contributed by atoms with van der Waals surface area (Å²) in [6.07, 6.45) is 1.76. The summed E-state index contributed by atoms with van der Waals surface area (Å²) in [6, 6.07) is 12.2. The quantitative estimate of drug-likeness (QED) is 0.384. The number of nitrogens with one attached hydrogen (secondary N) is 1. The summed E-state index contributed by atoms with van der Waals surface area (Å²) in [7, 11) is 0. The monoisotopic (exact) mass is 429 g/mol. The molecule has 3 aromatic rings. The zero-order chi connectivity index (χ0) is 18.5. The maximum atomic E-state index is 5.51. The van der Waals surface area contributed by atoms with Gasteiger partial charge in [0.1, 0.15) is 5.75 Å². The van der Waals surface area contributed by atoms with E-state index in [4.69, 9.17) is 4.74 Å². The van der Waals surface area contributed by atoms with Gasteiger partial charge in [0.05, 0.1) is 23.0 Å². The molecule has 0 atom stereocenters. The maximum Gasteiger partial charge on any atom is 0.203 e. The number of ether oxygens (including phenoxy) is 1. The minimum Gasteiger partial charge on any atom is -0.493 e. The van der Waals surface area contributed by atoms with E-state index < -0.39 is 0 Å². The highest BCUT2D eigenvalue weighted by Crippen LogP contribution is 2.27. The normalized spacial score (nSPS) is 11.1. The summed E-state index contributed by atoms with van der Waals surface area (Å²) in [4.78, 5) is 4.60. The van der Waals surface area contributed by atoms with Crippen molar-refractivity contribution in [1.82, 2.24) is 4.98 Å². The molecule has 4 nitrogen and oxygen atoms in total. The molecule has 0 radical (unpaired) electrons. The Hall–Kier alpha value is -2.18. The molecule has 6 heteroatoms. The van der Waals surface area contributed by atoms with Crippen LogP contribution < -0.4 is 10.2 Å². The van der Waals surface area contributed by atoms with E-state index in [1.807, 2.05) is 30.5 Å². The molecule has 1 N–H and O–H groups in total. The Morgan fingerprint density at radius 2 is 2.04 bits per heavy atom. The molecule has 1 aromatic heterocycles. The number of hydrogen-bond donors (Lipinski definition) is 1. The van der Waals surface area contributed by atoms with Crippen molar-refractivity contribution in [2.75, 3.05) is 12.0 Å². The largest absolute Gasteiger partial charge is 0.493 e. The van der Waals surface area contributed by atoms with Crippen molar-refractivity contribution >= 4 is 38.6 Å². The van der Waals surface area contributed by atoms with E-state index in [2.05, 4.69) is 63.5 Å². The van der Waals surface area contributed by atoms with E-state index in [1.54, 1.807) is 6.21 Å². The van der Waals surface area contributed by atoms with Gasteiger partial charge in [-0.1, -0.05) is 12.1 Å². The van der Waals surface area contributed by atoms with Crippen LogP contribution in [0, 0.1) is 13.8 Å². The van der Waals surface area contributed by atoms with Gasteiger partial charge in [-0.05, 0) is 77.7 Å². The molecule has 0 aliphatic carbocycles.